The highest BCUT2D eigenvalue weighted by Crippen LogP contribution is 2.18. The minimum atomic E-state index is 0.0806. The van der Waals surface area contributed by atoms with Crippen LogP contribution in [0.5, 0.6) is 0 Å². The molecule has 0 aliphatic carbocycles. The van der Waals surface area contributed by atoms with E-state index in [9.17, 15) is 0 Å². The van der Waals surface area contributed by atoms with Crippen molar-refractivity contribution in [3.05, 3.63) is 41.0 Å². The normalized spacial score (nSPS) is 11.9. The molecule has 20 heavy (non-hydrogen) atoms. The van der Waals surface area contributed by atoms with E-state index in [0.717, 1.165) is 34.9 Å². The Morgan fingerprint density at radius 3 is 2.35 bits per heavy atom. The topological polar surface area (TPSA) is 42.7 Å². The molecule has 0 aromatic carbocycles. The summed E-state index contributed by atoms with van der Waals surface area (Å²) in [7, 11) is 0. The van der Waals surface area contributed by atoms with Gasteiger partial charge in [0.05, 0.1) is 11.4 Å². The van der Waals surface area contributed by atoms with Crippen molar-refractivity contribution in [2.75, 3.05) is 0 Å². The minimum absolute atomic E-state index is 0.0806. The summed E-state index contributed by atoms with van der Waals surface area (Å²) < 4.78 is 2.00. The van der Waals surface area contributed by atoms with E-state index in [4.69, 9.17) is 0 Å². The number of nitrogens with zero attached hydrogens (tertiary/aromatic N) is 3. The van der Waals surface area contributed by atoms with E-state index in [0.29, 0.717) is 0 Å². The molecule has 2 heterocycles. The summed E-state index contributed by atoms with van der Waals surface area (Å²) in [6, 6.07) is 4.19. The molecule has 0 saturated carbocycles. The molecule has 2 rings (SSSR count). The van der Waals surface area contributed by atoms with Gasteiger partial charge in [0.25, 0.3) is 0 Å². The van der Waals surface area contributed by atoms with Crippen LogP contribution in [-0.2, 0) is 6.54 Å². The van der Waals surface area contributed by atoms with Gasteiger partial charge in [-0.2, -0.15) is 5.10 Å². The number of hydrogen-bond donors (Lipinski definition) is 1. The van der Waals surface area contributed by atoms with Gasteiger partial charge in [0.2, 0.25) is 0 Å². The summed E-state index contributed by atoms with van der Waals surface area (Å²) in [5.74, 6) is 0. The Balaban J connectivity index is 2.41. The number of hydrogen-bond acceptors (Lipinski definition) is 3. The maximum atomic E-state index is 4.59. The third-order valence-corrected chi connectivity index (χ3v) is 3.15. The van der Waals surface area contributed by atoms with Crippen molar-refractivity contribution < 1.29 is 0 Å². The maximum absolute atomic E-state index is 4.59. The molecule has 2 aromatic heterocycles. The van der Waals surface area contributed by atoms with E-state index in [2.05, 4.69) is 55.2 Å². The number of aryl methyl sites for hydroxylation is 3. The summed E-state index contributed by atoms with van der Waals surface area (Å²) in [4.78, 5) is 4.42. The van der Waals surface area contributed by atoms with Crippen molar-refractivity contribution in [2.24, 2.45) is 0 Å². The lowest BCUT2D eigenvalue weighted by Gasteiger charge is -2.22. The van der Waals surface area contributed by atoms with Gasteiger partial charge in [-0.15, -0.1) is 0 Å². The Bertz CT molecular complexity index is 605. The highest BCUT2D eigenvalue weighted by atomic mass is 15.3. The average molecular weight is 272 g/mol. The van der Waals surface area contributed by atoms with Crippen LogP contribution in [0.4, 0.5) is 0 Å². The zero-order chi connectivity index (χ0) is 14.9. The second-order valence-corrected chi connectivity index (χ2v) is 6.40. The fourth-order valence-electron chi connectivity index (χ4n) is 2.14. The van der Waals surface area contributed by atoms with Gasteiger partial charge in [0.1, 0.15) is 0 Å². The summed E-state index contributed by atoms with van der Waals surface area (Å²) in [6.45, 7) is 13.4. The monoisotopic (exact) mass is 272 g/mol. The molecule has 0 aliphatic rings. The van der Waals surface area contributed by atoms with Gasteiger partial charge < -0.3 is 5.32 Å². The minimum Gasteiger partial charge on any atom is -0.308 e. The van der Waals surface area contributed by atoms with E-state index in [1.54, 1.807) is 0 Å². The predicted molar refractivity (Wildman–Crippen MR) is 82.2 cm³/mol. The number of aromatic nitrogens is 3. The molecule has 0 bridgehead atoms. The summed E-state index contributed by atoms with van der Waals surface area (Å²) in [5, 5.41) is 8.10. The quantitative estimate of drug-likeness (QED) is 0.933. The van der Waals surface area contributed by atoms with Crippen molar-refractivity contribution in [2.45, 2.75) is 53.6 Å². The lowest BCUT2D eigenvalue weighted by molar-refractivity contribution is 0.423. The predicted octanol–water partition coefficient (Wildman–Crippen LogP) is 3.08. The number of rotatable bonds is 3. The van der Waals surface area contributed by atoms with Crippen LogP contribution in [-0.4, -0.2) is 20.3 Å². The molecule has 4 heteroatoms. The molecule has 1 N–H and O–H groups in total. The summed E-state index contributed by atoms with van der Waals surface area (Å²) >= 11 is 0. The Hall–Kier alpha value is -1.68. The molecule has 2 aromatic rings. The van der Waals surface area contributed by atoms with E-state index in [1.165, 1.54) is 0 Å². The molecule has 0 amide bonds. The molecular weight excluding hydrogens is 248 g/mol. The number of pyridine rings is 1. The SMILES string of the molecule is Cc1cc(-n2nc(C)cc2C)c(CNC(C)(C)C)cn1. The van der Waals surface area contributed by atoms with E-state index in [-0.39, 0.29) is 5.54 Å². The molecule has 0 radical (unpaired) electrons. The standard InChI is InChI=1S/C16H24N4/c1-11-8-15(20-13(3)7-12(2)19-20)14(9-17-11)10-18-16(4,5)6/h7-9,18H,10H2,1-6H3. The van der Waals surface area contributed by atoms with Gasteiger partial charge >= 0.3 is 0 Å². The third-order valence-electron chi connectivity index (χ3n) is 3.15. The molecule has 108 valence electrons. The lowest BCUT2D eigenvalue weighted by atomic mass is 10.1. The van der Waals surface area contributed by atoms with Crippen molar-refractivity contribution in [3.63, 3.8) is 0 Å². The molecule has 0 unspecified atom stereocenters. The van der Waals surface area contributed by atoms with Gasteiger partial charge in [0, 0.05) is 35.2 Å². The summed E-state index contributed by atoms with van der Waals surface area (Å²) in [5.41, 5.74) is 5.54. The van der Waals surface area contributed by atoms with Crippen LogP contribution in [0.3, 0.4) is 0 Å². The zero-order valence-electron chi connectivity index (χ0n) is 13.3. The van der Waals surface area contributed by atoms with E-state index < -0.39 is 0 Å². The largest absolute Gasteiger partial charge is 0.308 e. The van der Waals surface area contributed by atoms with Crippen LogP contribution in [0, 0.1) is 20.8 Å². The second-order valence-electron chi connectivity index (χ2n) is 6.40. The molecule has 4 nitrogen and oxygen atoms in total. The van der Waals surface area contributed by atoms with E-state index in [1.807, 2.05) is 24.7 Å². The van der Waals surface area contributed by atoms with Crippen LogP contribution in [0.15, 0.2) is 18.3 Å². The highest BCUT2D eigenvalue weighted by Gasteiger charge is 2.13. The van der Waals surface area contributed by atoms with Gasteiger partial charge in [0.15, 0.2) is 0 Å². The third kappa shape index (κ3) is 3.45. The second kappa shape index (κ2) is 5.37. The smallest absolute Gasteiger partial charge is 0.0727 e. The van der Waals surface area contributed by atoms with Gasteiger partial charge in [-0.3, -0.25) is 4.98 Å². The Labute approximate surface area is 121 Å². The molecule has 0 fully saturated rings. The maximum Gasteiger partial charge on any atom is 0.0727 e. The highest BCUT2D eigenvalue weighted by molar-refractivity contribution is 5.41. The first-order valence-corrected chi connectivity index (χ1v) is 7.00. The van der Waals surface area contributed by atoms with E-state index >= 15 is 0 Å². The first-order chi connectivity index (χ1) is 9.26. The lowest BCUT2D eigenvalue weighted by Crippen LogP contribution is -2.35. The Morgan fingerprint density at radius 2 is 1.80 bits per heavy atom. The molecule has 0 spiro atoms. The fourth-order valence-corrected chi connectivity index (χ4v) is 2.14. The average Bonchev–Trinajstić information content (AvgIpc) is 2.65. The molecular formula is C16H24N4. The first-order valence-electron chi connectivity index (χ1n) is 7.00. The number of nitrogens with one attached hydrogen (secondary N) is 1. The van der Waals surface area contributed by atoms with Crippen molar-refractivity contribution in [1.82, 2.24) is 20.1 Å². The fraction of sp³-hybridized carbons (Fsp3) is 0.500. The zero-order valence-corrected chi connectivity index (χ0v) is 13.3. The Kier molecular flexibility index (Phi) is 3.95. The van der Waals surface area contributed by atoms with Crippen molar-refractivity contribution in [1.29, 1.82) is 0 Å². The van der Waals surface area contributed by atoms with Crippen molar-refractivity contribution >= 4 is 0 Å². The van der Waals surface area contributed by atoms with Crippen LogP contribution >= 0.6 is 0 Å². The van der Waals surface area contributed by atoms with Gasteiger partial charge in [-0.05, 0) is 53.7 Å². The van der Waals surface area contributed by atoms with Gasteiger partial charge in [-0.1, -0.05) is 0 Å². The summed E-state index contributed by atoms with van der Waals surface area (Å²) in [6.07, 6.45) is 1.94. The Morgan fingerprint density at radius 1 is 1.10 bits per heavy atom. The van der Waals surface area contributed by atoms with Crippen LogP contribution < -0.4 is 5.32 Å². The molecule has 0 saturated heterocycles. The van der Waals surface area contributed by atoms with Crippen LogP contribution in [0.2, 0.25) is 0 Å². The molecule has 0 atom stereocenters. The van der Waals surface area contributed by atoms with Gasteiger partial charge in [-0.25, -0.2) is 4.68 Å². The molecule has 0 aliphatic heterocycles. The van der Waals surface area contributed by atoms with Crippen molar-refractivity contribution in [3.8, 4) is 5.69 Å². The van der Waals surface area contributed by atoms with Crippen LogP contribution in [0.25, 0.3) is 5.69 Å². The van der Waals surface area contributed by atoms with Crippen LogP contribution in [0.1, 0.15) is 43.4 Å². The first kappa shape index (κ1) is 14.7.